The van der Waals surface area contributed by atoms with Gasteiger partial charge in [0, 0.05) is 6.54 Å². The molecule has 15 heavy (non-hydrogen) atoms. The molecule has 0 radical (unpaired) electrons. The van der Waals surface area contributed by atoms with E-state index in [1.54, 1.807) is 0 Å². The summed E-state index contributed by atoms with van der Waals surface area (Å²) < 4.78 is 5.45. The maximum Gasteiger partial charge on any atom is 0.455 e. The smallest absolute Gasteiger partial charge is 0.397 e. The zero-order valence-electron chi connectivity index (χ0n) is 11.1. The van der Waals surface area contributed by atoms with Gasteiger partial charge in [-0.05, 0) is 40.2 Å². The molecule has 0 aromatic heterocycles. The van der Waals surface area contributed by atoms with E-state index in [-0.39, 0.29) is 15.7 Å². The Morgan fingerprint density at radius 3 is 2.20 bits per heavy atom. The summed E-state index contributed by atoms with van der Waals surface area (Å²) in [6.07, 6.45) is 1.35. The monoisotopic (exact) mass is 243 g/mol. The van der Waals surface area contributed by atoms with E-state index in [4.69, 9.17) is 0 Å². The van der Waals surface area contributed by atoms with Crippen LogP contribution in [0.2, 0.25) is 19.6 Å². The number of hydrogen-bond donors (Lipinski definition) is 0. The molecule has 0 saturated carbocycles. The van der Waals surface area contributed by atoms with Crippen LogP contribution in [-0.4, -0.2) is 76.5 Å². The van der Waals surface area contributed by atoms with E-state index in [0.29, 0.717) is 0 Å². The van der Waals surface area contributed by atoms with E-state index < -0.39 is 8.24 Å². The highest BCUT2D eigenvalue weighted by molar-refractivity contribution is 6.78. The summed E-state index contributed by atoms with van der Waals surface area (Å²) >= 11 is -0.157. The van der Waals surface area contributed by atoms with Crippen LogP contribution >= 0.6 is 0 Å². The number of hydrogen-bond acceptors (Lipinski definition) is 3. The molecule has 1 aliphatic heterocycles. The topological polar surface area (TPSA) is 9.72 Å². The molecule has 88 valence electrons. The van der Waals surface area contributed by atoms with Crippen LogP contribution in [0.5, 0.6) is 0 Å². The molecular weight excluding hydrogens is 217 g/mol. The molecule has 0 aliphatic carbocycles. The molecule has 0 aromatic carbocycles. The first-order valence-electron chi connectivity index (χ1n) is 6.02. The number of nitrogens with zero attached hydrogens (tertiary/aromatic N) is 3. The maximum atomic E-state index is 2.85. The van der Waals surface area contributed by atoms with Gasteiger partial charge < -0.3 is 12.3 Å². The normalized spacial score (nSPS) is 24.1. The van der Waals surface area contributed by atoms with Crippen molar-refractivity contribution in [2.75, 3.05) is 40.3 Å². The fourth-order valence-electron chi connectivity index (χ4n) is 1.97. The molecule has 5 heteroatoms. The third-order valence-corrected chi connectivity index (χ3v) is 10.0. The van der Waals surface area contributed by atoms with Crippen LogP contribution in [0.1, 0.15) is 6.42 Å². The van der Waals surface area contributed by atoms with Crippen molar-refractivity contribution in [3.8, 4) is 0 Å². The van der Waals surface area contributed by atoms with Gasteiger partial charge in [-0.2, -0.15) is 0 Å². The predicted molar refractivity (Wildman–Crippen MR) is 71.9 cm³/mol. The lowest BCUT2D eigenvalue weighted by molar-refractivity contribution is 0.312. The summed E-state index contributed by atoms with van der Waals surface area (Å²) in [7, 11) is 3.49. The first kappa shape index (κ1) is 13.7. The third-order valence-electron chi connectivity index (χ3n) is 3.19. The fraction of sp³-hybridized carbons (Fsp3) is 1.00. The third kappa shape index (κ3) is 4.99. The standard InChI is InChI=1S/C10H25N3Si.Al.H/c1-11-8-10-13(2)9-6-7-12-14(3,4)5;;/h6-10H2,1-5H3;;/q-2;+2;. The average molecular weight is 243 g/mol. The first-order valence-corrected chi connectivity index (χ1v) is 10.7. The van der Waals surface area contributed by atoms with Gasteiger partial charge in [0.2, 0.25) is 0 Å². The van der Waals surface area contributed by atoms with Crippen LogP contribution in [0, 0.1) is 0 Å². The van der Waals surface area contributed by atoms with E-state index >= 15 is 0 Å². The van der Waals surface area contributed by atoms with Gasteiger partial charge in [-0.1, -0.05) is 19.6 Å². The van der Waals surface area contributed by atoms with E-state index in [1.807, 2.05) is 0 Å². The molecule has 3 nitrogen and oxygen atoms in total. The molecule has 1 fully saturated rings. The zero-order valence-corrected chi connectivity index (χ0v) is 13.5. The SMILES string of the molecule is CN1CCC[N]([Si](C)(C)C)[AlH][N](C)CC1. The molecule has 0 N–H and O–H groups in total. The Hall–Kier alpha value is 0.629. The Morgan fingerprint density at radius 2 is 1.60 bits per heavy atom. The second-order valence-electron chi connectivity index (χ2n) is 5.81. The summed E-state index contributed by atoms with van der Waals surface area (Å²) in [5.74, 6) is 0. The van der Waals surface area contributed by atoms with Crippen LogP contribution in [0.25, 0.3) is 0 Å². The second-order valence-corrected chi connectivity index (χ2v) is 13.5. The first-order chi connectivity index (χ1) is 6.89. The molecule has 0 spiro atoms. The minimum absolute atomic E-state index is 0.157. The molecular formula is C10H26AlN3Si. The number of rotatable bonds is 1. The van der Waals surface area contributed by atoms with Crippen molar-refractivity contribution in [3.63, 3.8) is 0 Å². The second kappa shape index (κ2) is 5.81. The van der Waals surface area contributed by atoms with Gasteiger partial charge in [-0.15, -0.1) is 0 Å². The Labute approximate surface area is 103 Å². The minimum atomic E-state index is -1.06. The summed E-state index contributed by atoms with van der Waals surface area (Å²) in [5.41, 5.74) is 0. The van der Waals surface area contributed by atoms with Gasteiger partial charge in [0.15, 0.2) is 0 Å². The average Bonchev–Trinajstić information content (AvgIpc) is 2.17. The van der Waals surface area contributed by atoms with E-state index in [1.165, 1.54) is 32.6 Å². The fourth-order valence-corrected chi connectivity index (χ4v) is 6.45. The lowest BCUT2D eigenvalue weighted by Gasteiger charge is -2.36. The Bertz CT molecular complexity index is 196. The summed E-state index contributed by atoms with van der Waals surface area (Å²) in [6, 6.07) is 0. The zero-order chi connectivity index (χ0) is 11.5. The van der Waals surface area contributed by atoms with Crippen LogP contribution in [0.3, 0.4) is 0 Å². The highest BCUT2D eigenvalue weighted by Gasteiger charge is 2.26. The van der Waals surface area contributed by atoms with Crippen molar-refractivity contribution in [1.29, 1.82) is 0 Å². The maximum absolute atomic E-state index is 2.85. The van der Waals surface area contributed by atoms with Crippen molar-refractivity contribution < 1.29 is 0 Å². The predicted octanol–water partition coefficient (Wildman–Crippen LogP) is 0.657. The quantitative estimate of drug-likeness (QED) is 0.626. The number of likely N-dealkylation sites (N-methyl/N-ethyl adjacent to an activating group) is 2. The van der Waals surface area contributed by atoms with Gasteiger partial charge in [0.05, 0.1) is 8.24 Å². The van der Waals surface area contributed by atoms with Gasteiger partial charge in [-0.3, -0.25) is 0 Å². The molecule has 1 heterocycles. The Kier molecular flexibility index (Phi) is 5.30. The van der Waals surface area contributed by atoms with Gasteiger partial charge in [0.25, 0.3) is 0 Å². The highest BCUT2D eigenvalue weighted by atomic mass is 28.3. The molecule has 0 amide bonds. The molecule has 0 atom stereocenters. The van der Waals surface area contributed by atoms with E-state index in [2.05, 4.69) is 46.1 Å². The van der Waals surface area contributed by atoms with Crippen molar-refractivity contribution in [3.05, 3.63) is 0 Å². The van der Waals surface area contributed by atoms with Crippen molar-refractivity contribution in [2.45, 2.75) is 26.1 Å². The summed E-state index contributed by atoms with van der Waals surface area (Å²) in [4.78, 5) is 2.47. The molecule has 0 unspecified atom stereocenters. The van der Waals surface area contributed by atoms with Crippen LogP contribution in [0.4, 0.5) is 0 Å². The Balaban J connectivity index is 2.58. The minimum Gasteiger partial charge on any atom is -0.397 e. The van der Waals surface area contributed by atoms with Gasteiger partial charge >= 0.3 is 15.7 Å². The Morgan fingerprint density at radius 1 is 0.933 bits per heavy atom. The van der Waals surface area contributed by atoms with Crippen molar-refractivity contribution in [2.24, 2.45) is 0 Å². The largest absolute Gasteiger partial charge is 0.455 e. The van der Waals surface area contributed by atoms with Crippen LogP contribution < -0.4 is 0 Å². The van der Waals surface area contributed by atoms with Gasteiger partial charge in [-0.25, -0.2) is 0 Å². The lowest BCUT2D eigenvalue weighted by atomic mass is 10.4. The summed E-state index contributed by atoms with van der Waals surface area (Å²) in [5, 5.41) is 0. The van der Waals surface area contributed by atoms with E-state index in [0.717, 1.165) is 0 Å². The van der Waals surface area contributed by atoms with Gasteiger partial charge in [0.1, 0.15) is 0 Å². The van der Waals surface area contributed by atoms with Crippen LogP contribution in [0.15, 0.2) is 0 Å². The molecule has 1 aliphatic rings. The molecule has 0 aromatic rings. The molecule has 1 saturated heterocycles. The van der Waals surface area contributed by atoms with Crippen molar-refractivity contribution >= 4 is 23.9 Å². The van der Waals surface area contributed by atoms with Crippen molar-refractivity contribution in [1.82, 2.24) is 12.3 Å². The summed E-state index contributed by atoms with van der Waals surface area (Å²) in [6.45, 7) is 12.5. The lowest BCUT2D eigenvalue weighted by Crippen LogP contribution is -2.53. The van der Waals surface area contributed by atoms with E-state index in [9.17, 15) is 0 Å². The highest BCUT2D eigenvalue weighted by Crippen LogP contribution is 2.10. The molecule has 0 bridgehead atoms. The van der Waals surface area contributed by atoms with Crippen LogP contribution in [-0.2, 0) is 0 Å². The molecule has 1 rings (SSSR count).